The Morgan fingerprint density at radius 3 is 2.46 bits per heavy atom. The number of aryl methyl sites for hydroxylation is 1. The molecule has 2 aromatic rings. The molecule has 124 valence electrons. The first-order valence-electron chi connectivity index (χ1n) is 7.07. The molecule has 24 heavy (non-hydrogen) atoms. The van der Waals surface area contributed by atoms with Crippen LogP contribution in [0.1, 0.15) is 21.5 Å². The van der Waals surface area contributed by atoms with Crippen molar-refractivity contribution in [3.63, 3.8) is 0 Å². The Hall–Kier alpha value is -2.37. The molecule has 0 fully saturated rings. The first-order chi connectivity index (χ1) is 11.5. The van der Waals surface area contributed by atoms with Gasteiger partial charge in [0.15, 0.2) is 0 Å². The number of nitrogens with one attached hydrogen (secondary N) is 2. The minimum atomic E-state index is -0.438. The van der Waals surface area contributed by atoms with Gasteiger partial charge in [0.1, 0.15) is 0 Å². The lowest BCUT2D eigenvalue weighted by atomic mass is 10.2. The lowest BCUT2D eigenvalue weighted by Crippen LogP contribution is -2.34. The molecule has 0 atom stereocenters. The number of rotatable bonds is 5. The van der Waals surface area contributed by atoms with Crippen LogP contribution in [0.25, 0.3) is 0 Å². The fourth-order valence-electron chi connectivity index (χ4n) is 1.77. The Labute approximate surface area is 149 Å². The molecule has 0 unspecified atom stereocenters. The Balaban J connectivity index is 1.81. The highest BCUT2D eigenvalue weighted by Crippen LogP contribution is 2.22. The second-order valence-electron chi connectivity index (χ2n) is 5.02. The molecule has 0 spiro atoms. The van der Waals surface area contributed by atoms with Gasteiger partial charge in [-0.1, -0.05) is 53.0 Å². The summed E-state index contributed by atoms with van der Waals surface area (Å²) in [6, 6.07) is 12.1. The summed E-state index contributed by atoms with van der Waals surface area (Å²) in [6.07, 6.45) is 1.53. The van der Waals surface area contributed by atoms with E-state index in [1.165, 1.54) is 24.4 Å². The average Bonchev–Trinajstić information content (AvgIpc) is 2.57. The van der Waals surface area contributed by atoms with Gasteiger partial charge in [-0.3, -0.25) is 9.59 Å². The van der Waals surface area contributed by atoms with Gasteiger partial charge in [-0.25, -0.2) is 5.43 Å². The Morgan fingerprint density at radius 1 is 1.08 bits per heavy atom. The number of hydrazone groups is 1. The van der Waals surface area contributed by atoms with Crippen LogP contribution in [0.2, 0.25) is 10.0 Å². The maximum absolute atomic E-state index is 11.9. The molecule has 0 heterocycles. The first kappa shape index (κ1) is 18.0. The molecule has 5 nitrogen and oxygen atoms in total. The van der Waals surface area contributed by atoms with E-state index >= 15 is 0 Å². The van der Waals surface area contributed by atoms with Crippen LogP contribution in [0.15, 0.2) is 47.6 Å². The zero-order valence-electron chi connectivity index (χ0n) is 12.8. The number of hydrogen-bond acceptors (Lipinski definition) is 3. The van der Waals surface area contributed by atoms with Crippen LogP contribution in [0.3, 0.4) is 0 Å². The third-order valence-electron chi connectivity index (χ3n) is 3.07. The third-order valence-corrected chi connectivity index (χ3v) is 3.81. The summed E-state index contributed by atoms with van der Waals surface area (Å²) < 4.78 is 0. The molecule has 7 heteroatoms. The number of hydrogen-bond donors (Lipinski definition) is 2. The van der Waals surface area contributed by atoms with E-state index in [1.807, 2.05) is 31.2 Å². The summed E-state index contributed by atoms with van der Waals surface area (Å²) in [5.74, 6) is -0.863. The van der Waals surface area contributed by atoms with Crippen LogP contribution >= 0.6 is 23.2 Å². The standard InChI is InChI=1S/C17H15Cl2N3O2/c1-11-2-4-12(5-3-11)9-21-22-16(23)10-20-17(24)13-6-7-14(18)15(19)8-13/h2-9H,10H2,1H3,(H,20,24)(H,22,23)/b21-9-. The summed E-state index contributed by atoms with van der Waals surface area (Å²) in [5.41, 5.74) is 4.66. The van der Waals surface area contributed by atoms with E-state index in [9.17, 15) is 9.59 Å². The van der Waals surface area contributed by atoms with Crippen molar-refractivity contribution in [3.8, 4) is 0 Å². The van der Waals surface area contributed by atoms with Crippen molar-refractivity contribution < 1.29 is 9.59 Å². The van der Waals surface area contributed by atoms with E-state index in [0.29, 0.717) is 10.6 Å². The van der Waals surface area contributed by atoms with Gasteiger partial charge in [0, 0.05) is 5.56 Å². The van der Waals surface area contributed by atoms with Crippen molar-refractivity contribution in [2.45, 2.75) is 6.92 Å². The van der Waals surface area contributed by atoms with E-state index in [-0.39, 0.29) is 11.6 Å². The highest BCUT2D eigenvalue weighted by molar-refractivity contribution is 6.42. The van der Waals surface area contributed by atoms with Gasteiger partial charge in [0.25, 0.3) is 11.8 Å². The van der Waals surface area contributed by atoms with Crippen molar-refractivity contribution in [1.29, 1.82) is 0 Å². The number of amides is 2. The highest BCUT2D eigenvalue weighted by atomic mass is 35.5. The van der Waals surface area contributed by atoms with Gasteiger partial charge in [0.05, 0.1) is 22.8 Å². The fourth-order valence-corrected chi connectivity index (χ4v) is 2.07. The van der Waals surface area contributed by atoms with E-state index in [4.69, 9.17) is 23.2 Å². The topological polar surface area (TPSA) is 70.6 Å². The van der Waals surface area contributed by atoms with E-state index in [2.05, 4.69) is 15.8 Å². The number of benzene rings is 2. The Bertz CT molecular complexity index is 774. The highest BCUT2D eigenvalue weighted by Gasteiger charge is 2.09. The quantitative estimate of drug-likeness (QED) is 0.632. The predicted octanol–water partition coefficient (Wildman–Crippen LogP) is 3.18. The van der Waals surface area contributed by atoms with Crippen LogP contribution in [0.4, 0.5) is 0 Å². The van der Waals surface area contributed by atoms with Gasteiger partial charge >= 0.3 is 0 Å². The van der Waals surface area contributed by atoms with E-state index < -0.39 is 11.8 Å². The lowest BCUT2D eigenvalue weighted by molar-refractivity contribution is -0.120. The Morgan fingerprint density at radius 2 is 1.79 bits per heavy atom. The Kier molecular flexibility index (Phi) is 6.35. The minimum Gasteiger partial charge on any atom is -0.343 e. The number of carbonyl (C=O) groups is 2. The minimum absolute atomic E-state index is 0.204. The van der Waals surface area contributed by atoms with Gasteiger partial charge in [-0.15, -0.1) is 0 Å². The van der Waals surface area contributed by atoms with Crippen molar-refractivity contribution in [2.75, 3.05) is 6.54 Å². The maximum Gasteiger partial charge on any atom is 0.259 e. The normalized spacial score (nSPS) is 10.6. The van der Waals surface area contributed by atoms with Gasteiger partial charge in [-0.05, 0) is 30.7 Å². The van der Waals surface area contributed by atoms with Crippen LogP contribution in [0, 0.1) is 6.92 Å². The molecule has 0 bridgehead atoms. The molecular weight excluding hydrogens is 349 g/mol. The van der Waals surface area contributed by atoms with Gasteiger partial charge in [0.2, 0.25) is 0 Å². The van der Waals surface area contributed by atoms with Crippen LogP contribution in [0.5, 0.6) is 0 Å². The number of nitrogens with zero attached hydrogens (tertiary/aromatic N) is 1. The van der Waals surface area contributed by atoms with Crippen LogP contribution in [-0.4, -0.2) is 24.6 Å². The smallest absolute Gasteiger partial charge is 0.259 e. The van der Waals surface area contributed by atoms with E-state index in [0.717, 1.165) is 11.1 Å². The molecule has 0 aliphatic rings. The average molecular weight is 364 g/mol. The molecule has 0 aliphatic heterocycles. The first-order valence-corrected chi connectivity index (χ1v) is 7.83. The molecule has 2 rings (SSSR count). The molecule has 0 saturated heterocycles. The monoisotopic (exact) mass is 363 g/mol. The predicted molar refractivity (Wildman–Crippen MR) is 95.7 cm³/mol. The van der Waals surface area contributed by atoms with Gasteiger partial charge < -0.3 is 5.32 Å². The molecule has 2 N–H and O–H groups in total. The third kappa shape index (κ3) is 5.37. The second kappa shape index (κ2) is 8.47. The molecule has 2 amide bonds. The van der Waals surface area contributed by atoms with Crippen molar-refractivity contribution >= 4 is 41.2 Å². The SMILES string of the molecule is Cc1ccc(/C=N\NC(=O)CNC(=O)c2ccc(Cl)c(Cl)c2)cc1. The summed E-state index contributed by atoms with van der Waals surface area (Å²) in [6.45, 7) is 1.78. The molecule has 0 aliphatic carbocycles. The molecule has 0 saturated carbocycles. The lowest BCUT2D eigenvalue weighted by Gasteiger charge is -2.05. The van der Waals surface area contributed by atoms with Crippen LogP contribution in [-0.2, 0) is 4.79 Å². The second-order valence-corrected chi connectivity index (χ2v) is 5.83. The fraction of sp³-hybridized carbons (Fsp3) is 0.118. The maximum atomic E-state index is 11.9. The van der Waals surface area contributed by atoms with E-state index in [1.54, 1.807) is 0 Å². The van der Waals surface area contributed by atoms with Crippen molar-refractivity contribution in [3.05, 3.63) is 69.2 Å². The summed E-state index contributed by atoms with van der Waals surface area (Å²) in [7, 11) is 0. The van der Waals surface area contributed by atoms with Crippen molar-refractivity contribution in [2.24, 2.45) is 5.10 Å². The molecule has 2 aromatic carbocycles. The summed E-state index contributed by atoms with van der Waals surface area (Å²) in [4.78, 5) is 23.6. The van der Waals surface area contributed by atoms with Crippen LogP contribution < -0.4 is 10.7 Å². The summed E-state index contributed by atoms with van der Waals surface area (Å²) >= 11 is 11.6. The largest absolute Gasteiger partial charge is 0.343 e. The van der Waals surface area contributed by atoms with Crippen molar-refractivity contribution in [1.82, 2.24) is 10.7 Å². The molecular formula is C17H15Cl2N3O2. The molecule has 0 radical (unpaired) electrons. The zero-order chi connectivity index (χ0) is 17.5. The number of halogens is 2. The zero-order valence-corrected chi connectivity index (χ0v) is 14.4. The summed E-state index contributed by atoms with van der Waals surface area (Å²) in [5, 5.41) is 6.94. The van der Waals surface area contributed by atoms with Gasteiger partial charge in [-0.2, -0.15) is 5.10 Å². The number of carbonyl (C=O) groups excluding carboxylic acids is 2. The molecule has 0 aromatic heterocycles.